The van der Waals surface area contributed by atoms with E-state index in [4.69, 9.17) is 17.3 Å². The van der Waals surface area contributed by atoms with Gasteiger partial charge in [-0.15, -0.1) is 0 Å². The number of halogens is 1. The number of nitrogen functional groups attached to an aromatic ring is 1. The molecule has 0 bridgehead atoms. The average Bonchev–Trinajstić information content (AvgIpc) is 2.63. The molecule has 2 heterocycles. The number of hydrogen-bond donors (Lipinski definition) is 2. The van der Waals surface area contributed by atoms with Crippen LogP contribution in [0.4, 0.5) is 11.5 Å². The molecule has 3 N–H and O–H groups in total. The number of imidazole rings is 1. The van der Waals surface area contributed by atoms with Crippen LogP contribution >= 0.6 is 11.6 Å². The van der Waals surface area contributed by atoms with Crippen molar-refractivity contribution in [2.75, 3.05) is 11.1 Å². The molecule has 0 aliphatic heterocycles. The highest BCUT2D eigenvalue weighted by Gasteiger charge is 2.03. The lowest BCUT2D eigenvalue weighted by atomic mass is 10.4. The minimum absolute atomic E-state index is 0.509. The zero-order chi connectivity index (χ0) is 11.5. The summed E-state index contributed by atoms with van der Waals surface area (Å²) >= 11 is 5.98. The van der Waals surface area contributed by atoms with Crippen molar-refractivity contribution < 1.29 is 0 Å². The van der Waals surface area contributed by atoms with Gasteiger partial charge < -0.3 is 15.6 Å². The van der Waals surface area contributed by atoms with Crippen LogP contribution in [0.5, 0.6) is 0 Å². The van der Waals surface area contributed by atoms with Gasteiger partial charge in [0.05, 0.1) is 23.5 Å². The van der Waals surface area contributed by atoms with Crippen molar-refractivity contribution in [1.29, 1.82) is 0 Å². The fourth-order valence-corrected chi connectivity index (χ4v) is 1.55. The third-order valence-electron chi connectivity index (χ3n) is 2.20. The summed E-state index contributed by atoms with van der Waals surface area (Å²) in [6.07, 6.45) is 5.19. The molecule has 0 aliphatic carbocycles. The molecule has 2 rings (SSSR count). The molecule has 0 aromatic carbocycles. The van der Waals surface area contributed by atoms with Gasteiger partial charge in [0.15, 0.2) is 0 Å². The topological polar surface area (TPSA) is 68.8 Å². The lowest BCUT2D eigenvalue weighted by Crippen LogP contribution is -2.07. The van der Waals surface area contributed by atoms with Crippen LogP contribution in [0.15, 0.2) is 24.7 Å². The Labute approximate surface area is 98.3 Å². The summed E-state index contributed by atoms with van der Waals surface area (Å²) in [6.45, 7) is 0.570. The number of pyridine rings is 1. The number of nitrogens with two attached hydrogens (primary N) is 1. The average molecular weight is 238 g/mol. The Hall–Kier alpha value is -1.75. The zero-order valence-electron chi connectivity index (χ0n) is 8.81. The van der Waals surface area contributed by atoms with Crippen molar-refractivity contribution in [1.82, 2.24) is 14.5 Å². The summed E-state index contributed by atoms with van der Waals surface area (Å²) in [6, 6.07) is 1.66. The van der Waals surface area contributed by atoms with E-state index in [1.54, 1.807) is 18.5 Å². The van der Waals surface area contributed by atoms with Crippen LogP contribution in [0.25, 0.3) is 0 Å². The van der Waals surface area contributed by atoms with Gasteiger partial charge in [-0.3, -0.25) is 0 Å². The first-order chi connectivity index (χ1) is 7.66. The van der Waals surface area contributed by atoms with E-state index in [0.29, 0.717) is 23.1 Å². The van der Waals surface area contributed by atoms with Crippen molar-refractivity contribution in [2.45, 2.75) is 6.54 Å². The highest BCUT2D eigenvalue weighted by Crippen LogP contribution is 2.21. The number of aromatic nitrogens is 3. The fraction of sp³-hybridized carbons (Fsp3) is 0.200. The van der Waals surface area contributed by atoms with E-state index < -0.39 is 0 Å². The summed E-state index contributed by atoms with van der Waals surface area (Å²) < 4.78 is 1.93. The van der Waals surface area contributed by atoms with Crippen molar-refractivity contribution in [2.24, 2.45) is 7.05 Å². The van der Waals surface area contributed by atoms with E-state index in [2.05, 4.69) is 15.3 Å². The number of nitrogens with zero attached hydrogens (tertiary/aromatic N) is 3. The largest absolute Gasteiger partial charge is 0.397 e. The van der Waals surface area contributed by atoms with Crippen molar-refractivity contribution in [3.63, 3.8) is 0 Å². The molecule has 0 saturated heterocycles. The smallest absolute Gasteiger partial charge is 0.145 e. The molecule has 16 heavy (non-hydrogen) atoms. The molecule has 2 aromatic heterocycles. The van der Waals surface area contributed by atoms with Crippen molar-refractivity contribution in [3.05, 3.63) is 35.5 Å². The molecule has 84 valence electrons. The predicted molar refractivity (Wildman–Crippen MR) is 64.2 cm³/mol. The normalized spacial score (nSPS) is 10.4. The fourth-order valence-electron chi connectivity index (χ4n) is 1.31. The molecule has 0 saturated carbocycles. The first-order valence-electron chi connectivity index (χ1n) is 4.78. The molecule has 6 heteroatoms. The highest BCUT2D eigenvalue weighted by atomic mass is 35.5. The summed E-state index contributed by atoms with van der Waals surface area (Å²) in [5, 5.41) is 3.61. The molecular weight excluding hydrogens is 226 g/mol. The lowest BCUT2D eigenvalue weighted by molar-refractivity contribution is 0.811. The van der Waals surface area contributed by atoms with Gasteiger partial charge in [0.1, 0.15) is 11.6 Å². The Morgan fingerprint density at radius 1 is 1.50 bits per heavy atom. The van der Waals surface area contributed by atoms with Crippen LogP contribution in [-0.4, -0.2) is 14.5 Å². The Morgan fingerprint density at radius 3 is 2.94 bits per heavy atom. The molecule has 0 atom stereocenters. The maximum Gasteiger partial charge on any atom is 0.145 e. The predicted octanol–water partition coefficient (Wildman–Crippen LogP) is 1.66. The molecule has 0 aliphatic rings. The summed E-state index contributed by atoms with van der Waals surface area (Å²) in [5.74, 6) is 1.52. The van der Waals surface area contributed by atoms with E-state index in [-0.39, 0.29) is 0 Å². The summed E-state index contributed by atoms with van der Waals surface area (Å²) in [5.41, 5.74) is 6.10. The second kappa shape index (κ2) is 4.40. The maximum absolute atomic E-state index is 5.98. The third kappa shape index (κ3) is 2.25. The number of rotatable bonds is 3. The van der Waals surface area contributed by atoms with Gasteiger partial charge >= 0.3 is 0 Å². The van der Waals surface area contributed by atoms with Crippen LogP contribution in [0.1, 0.15) is 5.82 Å². The minimum atomic E-state index is 0.509. The minimum Gasteiger partial charge on any atom is -0.397 e. The van der Waals surface area contributed by atoms with Crippen LogP contribution in [-0.2, 0) is 13.6 Å². The highest BCUT2D eigenvalue weighted by molar-refractivity contribution is 6.33. The second-order valence-corrected chi connectivity index (χ2v) is 3.81. The monoisotopic (exact) mass is 237 g/mol. The van der Waals surface area contributed by atoms with E-state index >= 15 is 0 Å². The standard InChI is InChI=1S/C10H12ClN5/c1-16-3-2-13-9(16)6-15-10-8(11)4-7(12)5-14-10/h2-5H,6,12H2,1H3,(H,14,15). The quantitative estimate of drug-likeness (QED) is 0.852. The molecule has 0 unspecified atom stereocenters. The van der Waals surface area contributed by atoms with Crippen molar-refractivity contribution in [3.8, 4) is 0 Å². The molecule has 0 amide bonds. The van der Waals surface area contributed by atoms with Crippen molar-refractivity contribution >= 4 is 23.1 Å². The maximum atomic E-state index is 5.98. The Bertz CT molecular complexity index is 494. The molecule has 0 fully saturated rings. The number of hydrogen-bond acceptors (Lipinski definition) is 4. The Balaban J connectivity index is 2.08. The first kappa shape index (κ1) is 10.8. The molecule has 0 radical (unpaired) electrons. The Kier molecular flexibility index (Phi) is 2.96. The summed E-state index contributed by atoms with van der Waals surface area (Å²) in [7, 11) is 1.93. The van der Waals surface area contributed by atoms with Gasteiger partial charge in [-0.05, 0) is 6.07 Å². The van der Waals surface area contributed by atoms with E-state index in [0.717, 1.165) is 5.82 Å². The van der Waals surface area contributed by atoms with E-state index in [1.807, 2.05) is 17.8 Å². The molecular formula is C10H12ClN5. The van der Waals surface area contributed by atoms with Crippen LogP contribution < -0.4 is 11.1 Å². The number of nitrogens with one attached hydrogen (secondary N) is 1. The summed E-state index contributed by atoms with van der Waals surface area (Å²) in [4.78, 5) is 8.28. The van der Waals surface area contributed by atoms with Crippen LogP contribution in [0.2, 0.25) is 5.02 Å². The molecule has 5 nitrogen and oxygen atoms in total. The zero-order valence-corrected chi connectivity index (χ0v) is 9.57. The van der Waals surface area contributed by atoms with Gasteiger partial charge in [-0.1, -0.05) is 11.6 Å². The second-order valence-electron chi connectivity index (χ2n) is 3.41. The Morgan fingerprint density at radius 2 is 2.31 bits per heavy atom. The lowest BCUT2D eigenvalue weighted by Gasteiger charge is -2.07. The van der Waals surface area contributed by atoms with E-state index in [9.17, 15) is 0 Å². The number of anilines is 2. The third-order valence-corrected chi connectivity index (χ3v) is 2.49. The van der Waals surface area contributed by atoms with Gasteiger partial charge in [0, 0.05) is 19.4 Å². The van der Waals surface area contributed by atoms with Crippen LogP contribution in [0, 0.1) is 0 Å². The number of aryl methyl sites for hydroxylation is 1. The van der Waals surface area contributed by atoms with E-state index in [1.165, 1.54) is 0 Å². The SMILES string of the molecule is Cn1ccnc1CNc1ncc(N)cc1Cl. The van der Waals surface area contributed by atoms with Gasteiger partial charge in [-0.2, -0.15) is 0 Å². The van der Waals surface area contributed by atoms with Crippen LogP contribution in [0.3, 0.4) is 0 Å². The first-order valence-corrected chi connectivity index (χ1v) is 5.15. The molecule has 0 spiro atoms. The molecule has 2 aromatic rings. The van der Waals surface area contributed by atoms with Gasteiger partial charge in [0.25, 0.3) is 0 Å². The van der Waals surface area contributed by atoms with Gasteiger partial charge in [-0.25, -0.2) is 9.97 Å². The van der Waals surface area contributed by atoms with Gasteiger partial charge in [0.2, 0.25) is 0 Å².